The Morgan fingerprint density at radius 3 is 2.67 bits per heavy atom. The molecule has 1 unspecified atom stereocenters. The van der Waals surface area contributed by atoms with E-state index in [9.17, 15) is 13.2 Å². The standard InChI is InChI=1S/C11H22N2O4S/c1-4-17-11(14)9-12(3)18(15,16)13-8-6-5-7-10(13)2/h10H,4-9H2,1-3H3. The Kier molecular flexibility index (Phi) is 5.55. The minimum Gasteiger partial charge on any atom is -0.465 e. The number of likely N-dealkylation sites (N-methyl/N-ethyl adjacent to an activating group) is 1. The zero-order valence-corrected chi connectivity index (χ0v) is 12.1. The molecule has 0 spiro atoms. The Labute approximate surface area is 109 Å². The quantitative estimate of drug-likeness (QED) is 0.691. The summed E-state index contributed by atoms with van der Waals surface area (Å²) in [5.74, 6) is -0.520. The molecule has 6 nitrogen and oxygen atoms in total. The van der Waals surface area contributed by atoms with Crippen molar-refractivity contribution in [1.29, 1.82) is 0 Å². The molecule has 1 aliphatic heterocycles. The normalized spacial score (nSPS) is 22.1. The lowest BCUT2D eigenvalue weighted by atomic mass is 10.1. The van der Waals surface area contributed by atoms with Gasteiger partial charge in [0.25, 0.3) is 10.2 Å². The molecule has 1 saturated heterocycles. The number of carbonyl (C=O) groups excluding carboxylic acids is 1. The first-order valence-corrected chi connectivity index (χ1v) is 7.68. The van der Waals surface area contributed by atoms with Gasteiger partial charge in [0.2, 0.25) is 0 Å². The van der Waals surface area contributed by atoms with Crippen LogP contribution in [0.5, 0.6) is 0 Å². The Morgan fingerprint density at radius 2 is 2.11 bits per heavy atom. The minimum absolute atomic E-state index is 0.00612. The van der Waals surface area contributed by atoms with Crippen LogP contribution in [-0.2, 0) is 19.7 Å². The Morgan fingerprint density at radius 1 is 1.44 bits per heavy atom. The average Bonchev–Trinajstić information content (AvgIpc) is 2.29. The highest BCUT2D eigenvalue weighted by atomic mass is 32.2. The predicted molar refractivity (Wildman–Crippen MR) is 68.2 cm³/mol. The molecule has 0 aromatic heterocycles. The van der Waals surface area contributed by atoms with Crippen molar-refractivity contribution in [3.63, 3.8) is 0 Å². The summed E-state index contributed by atoms with van der Waals surface area (Å²) >= 11 is 0. The number of hydrogen-bond acceptors (Lipinski definition) is 4. The second-order valence-corrected chi connectivity index (χ2v) is 6.51. The highest BCUT2D eigenvalue weighted by Crippen LogP contribution is 2.21. The van der Waals surface area contributed by atoms with E-state index in [0.717, 1.165) is 23.6 Å². The molecule has 1 aliphatic rings. The van der Waals surface area contributed by atoms with E-state index in [2.05, 4.69) is 0 Å². The maximum atomic E-state index is 12.3. The van der Waals surface area contributed by atoms with Gasteiger partial charge in [0, 0.05) is 19.6 Å². The van der Waals surface area contributed by atoms with Crippen LogP contribution in [0.2, 0.25) is 0 Å². The fourth-order valence-corrected chi connectivity index (χ4v) is 3.61. The second kappa shape index (κ2) is 6.49. The van der Waals surface area contributed by atoms with Gasteiger partial charge in [0.1, 0.15) is 6.54 Å². The van der Waals surface area contributed by atoms with Crippen molar-refractivity contribution in [3.05, 3.63) is 0 Å². The second-order valence-electron chi connectivity index (χ2n) is 4.52. The highest BCUT2D eigenvalue weighted by Gasteiger charge is 2.33. The van der Waals surface area contributed by atoms with E-state index in [0.29, 0.717) is 6.54 Å². The number of hydrogen-bond donors (Lipinski definition) is 0. The smallest absolute Gasteiger partial charge is 0.321 e. The molecule has 0 aromatic carbocycles. The molecule has 0 radical (unpaired) electrons. The van der Waals surface area contributed by atoms with Crippen molar-refractivity contribution in [3.8, 4) is 0 Å². The molecular weight excluding hydrogens is 256 g/mol. The van der Waals surface area contributed by atoms with Crippen molar-refractivity contribution in [1.82, 2.24) is 8.61 Å². The Hall–Kier alpha value is -0.660. The van der Waals surface area contributed by atoms with E-state index in [-0.39, 0.29) is 19.2 Å². The van der Waals surface area contributed by atoms with Gasteiger partial charge >= 0.3 is 5.97 Å². The summed E-state index contributed by atoms with van der Waals surface area (Å²) in [5, 5.41) is 0. The maximum absolute atomic E-state index is 12.3. The third-order valence-corrected chi connectivity index (χ3v) is 5.14. The molecule has 1 rings (SSSR count). The molecule has 0 amide bonds. The van der Waals surface area contributed by atoms with Gasteiger partial charge in [0.15, 0.2) is 0 Å². The molecular formula is C11H22N2O4S. The number of esters is 1. The molecule has 0 aliphatic carbocycles. The van der Waals surface area contributed by atoms with Crippen molar-refractivity contribution >= 4 is 16.2 Å². The van der Waals surface area contributed by atoms with Gasteiger partial charge < -0.3 is 4.74 Å². The Balaban J connectivity index is 2.69. The van der Waals surface area contributed by atoms with Crippen molar-refractivity contribution in [2.75, 3.05) is 26.7 Å². The van der Waals surface area contributed by atoms with E-state index >= 15 is 0 Å². The van der Waals surface area contributed by atoms with Gasteiger partial charge in [-0.15, -0.1) is 0 Å². The van der Waals surface area contributed by atoms with Gasteiger partial charge in [0.05, 0.1) is 6.61 Å². The predicted octanol–water partition coefficient (Wildman–Crippen LogP) is 0.600. The fraction of sp³-hybridized carbons (Fsp3) is 0.909. The number of nitrogens with zero attached hydrogens (tertiary/aromatic N) is 2. The molecule has 18 heavy (non-hydrogen) atoms. The summed E-state index contributed by atoms with van der Waals surface area (Å²) in [5.41, 5.74) is 0. The first kappa shape index (κ1) is 15.4. The third kappa shape index (κ3) is 3.66. The van der Waals surface area contributed by atoms with Crippen LogP contribution >= 0.6 is 0 Å². The van der Waals surface area contributed by atoms with E-state index in [4.69, 9.17) is 4.74 Å². The van der Waals surface area contributed by atoms with Crippen LogP contribution in [0.4, 0.5) is 0 Å². The van der Waals surface area contributed by atoms with Crippen molar-refractivity contribution in [2.45, 2.75) is 39.2 Å². The number of piperidine rings is 1. The van der Waals surface area contributed by atoms with Crippen LogP contribution < -0.4 is 0 Å². The summed E-state index contributed by atoms with van der Waals surface area (Å²) in [7, 11) is -2.15. The number of carbonyl (C=O) groups is 1. The molecule has 0 saturated carbocycles. The van der Waals surface area contributed by atoms with Crippen LogP contribution in [0, 0.1) is 0 Å². The zero-order valence-electron chi connectivity index (χ0n) is 11.3. The minimum atomic E-state index is -3.56. The first-order valence-electron chi connectivity index (χ1n) is 6.28. The SMILES string of the molecule is CCOC(=O)CN(C)S(=O)(=O)N1CCCCC1C. The lowest BCUT2D eigenvalue weighted by Crippen LogP contribution is -2.49. The van der Waals surface area contributed by atoms with Gasteiger partial charge in [-0.3, -0.25) is 4.79 Å². The molecule has 7 heteroatoms. The molecule has 1 fully saturated rings. The van der Waals surface area contributed by atoms with Crippen LogP contribution in [0.1, 0.15) is 33.1 Å². The van der Waals surface area contributed by atoms with Crippen LogP contribution in [0.25, 0.3) is 0 Å². The number of ether oxygens (including phenoxy) is 1. The van der Waals surface area contributed by atoms with E-state index < -0.39 is 16.2 Å². The lowest BCUT2D eigenvalue weighted by molar-refractivity contribution is -0.143. The van der Waals surface area contributed by atoms with E-state index in [1.165, 1.54) is 11.4 Å². The van der Waals surface area contributed by atoms with E-state index in [1.807, 2.05) is 6.92 Å². The molecule has 0 N–H and O–H groups in total. The lowest BCUT2D eigenvalue weighted by Gasteiger charge is -2.34. The molecule has 1 heterocycles. The van der Waals surface area contributed by atoms with Gasteiger partial charge in [-0.1, -0.05) is 6.42 Å². The van der Waals surface area contributed by atoms with E-state index in [1.54, 1.807) is 6.92 Å². The fourth-order valence-electron chi connectivity index (χ4n) is 2.06. The average molecular weight is 278 g/mol. The summed E-state index contributed by atoms with van der Waals surface area (Å²) in [4.78, 5) is 11.3. The first-order chi connectivity index (χ1) is 8.39. The van der Waals surface area contributed by atoms with Gasteiger partial charge in [-0.25, -0.2) is 0 Å². The van der Waals surface area contributed by atoms with Crippen molar-refractivity contribution < 1.29 is 17.9 Å². The van der Waals surface area contributed by atoms with Gasteiger partial charge in [-0.05, 0) is 26.7 Å². The summed E-state index contributed by atoms with van der Waals surface area (Å²) in [6.07, 6.45) is 2.79. The molecule has 1 atom stereocenters. The zero-order chi connectivity index (χ0) is 13.8. The van der Waals surface area contributed by atoms with Gasteiger partial charge in [-0.2, -0.15) is 17.0 Å². The number of rotatable bonds is 5. The Bertz CT molecular complexity index is 383. The topological polar surface area (TPSA) is 66.9 Å². The molecule has 0 aromatic rings. The van der Waals surface area contributed by atoms with Crippen molar-refractivity contribution in [2.24, 2.45) is 0 Å². The summed E-state index contributed by atoms with van der Waals surface area (Å²) in [6, 6.07) is -0.00612. The maximum Gasteiger partial charge on any atom is 0.321 e. The van der Waals surface area contributed by atoms with Crippen LogP contribution in [0.3, 0.4) is 0 Å². The molecule has 106 valence electrons. The summed E-state index contributed by atoms with van der Waals surface area (Å²) in [6.45, 7) is 4.14. The molecule has 0 bridgehead atoms. The summed E-state index contributed by atoms with van der Waals surface area (Å²) < 4.78 is 31.8. The third-order valence-electron chi connectivity index (χ3n) is 3.09. The largest absolute Gasteiger partial charge is 0.465 e. The monoisotopic (exact) mass is 278 g/mol. The van der Waals surface area contributed by atoms with Crippen LogP contribution in [0.15, 0.2) is 0 Å². The highest BCUT2D eigenvalue weighted by molar-refractivity contribution is 7.86. The van der Waals surface area contributed by atoms with Crippen LogP contribution in [-0.4, -0.2) is 55.8 Å².